The second kappa shape index (κ2) is 8.73. The number of amides is 3. The van der Waals surface area contributed by atoms with Gasteiger partial charge in [0.2, 0.25) is 11.8 Å². The highest BCUT2D eigenvalue weighted by molar-refractivity contribution is 5.89. The number of carbonyl (C=O) groups is 2. The van der Waals surface area contributed by atoms with E-state index in [1.54, 1.807) is 14.2 Å². The Bertz CT molecular complexity index is 713. The predicted molar refractivity (Wildman–Crippen MR) is 81.3 cm³/mol. The van der Waals surface area contributed by atoms with Gasteiger partial charge < -0.3 is 29.3 Å². The van der Waals surface area contributed by atoms with Crippen molar-refractivity contribution in [2.45, 2.75) is 19.5 Å². The van der Waals surface area contributed by atoms with Crippen molar-refractivity contribution in [3.8, 4) is 0 Å². The molecule has 25 heavy (non-hydrogen) atoms. The third-order valence-electron chi connectivity index (χ3n) is 3.05. The molecule has 0 saturated carbocycles. The maximum atomic E-state index is 12.0. The second-order valence-corrected chi connectivity index (χ2v) is 4.95. The van der Waals surface area contributed by atoms with Crippen molar-refractivity contribution in [1.82, 2.24) is 35.8 Å². The van der Waals surface area contributed by atoms with Gasteiger partial charge >= 0.3 is 6.03 Å². The molecule has 12 heteroatoms. The lowest BCUT2D eigenvalue weighted by Crippen LogP contribution is -2.36. The number of urea groups is 1. The minimum Gasteiger partial charge on any atom is -0.384 e. The van der Waals surface area contributed by atoms with Gasteiger partial charge in [-0.1, -0.05) is 10.3 Å². The molecule has 3 amide bonds. The standard InChI is InChI=1S/C13H19N7O5/c1-14-12(21)11-17-9(24-19-11)6-15-13(22)20(2)7-10-16-8(18-25-10)4-5-23-3/h4-7H2,1-3H3,(H,14,21)(H,15,22). The minimum absolute atomic E-state index is 0.0178. The lowest BCUT2D eigenvalue weighted by atomic mass is 10.4. The van der Waals surface area contributed by atoms with E-state index in [1.165, 1.54) is 11.9 Å². The van der Waals surface area contributed by atoms with Gasteiger partial charge in [0.25, 0.3) is 11.7 Å². The van der Waals surface area contributed by atoms with Crippen LogP contribution in [0.3, 0.4) is 0 Å². The summed E-state index contributed by atoms with van der Waals surface area (Å²) in [7, 11) is 4.60. The average Bonchev–Trinajstić information content (AvgIpc) is 3.26. The third kappa shape index (κ3) is 5.24. The molecule has 2 aromatic rings. The summed E-state index contributed by atoms with van der Waals surface area (Å²) in [6.07, 6.45) is 0.529. The van der Waals surface area contributed by atoms with Crippen molar-refractivity contribution < 1.29 is 23.4 Å². The van der Waals surface area contributed by atoms with Gasteiger partial charge in [0.15, 0.2) is 5.82 Å². The first-order valence-electron chi connectivity index (χ1n) is 7.37. The molecule has 0 aromatic carbocycles. The van der Waals surface area contributed by atoms with Gasteiger partial charge in [0, 0.05) is 27.6 Å². The van der Waals surface area contributed by atoms with Crippen LogP contribution in [0.25, 0.3) is 0 Å². The van der Waals surface area contributed by atoms with Gasteiger partial charge in [0.1, 0.15) is 6.54 Å². The maximum absolute atomic E-state index is 12.0. The summed E-state index contributed by atoms with van der Waals surface area (Å²) in [5.74, 6) is 0.357. The molecule has 2 aromatic heterocycles. The monoisotopic (exact) mass is 353 g/mol. The molecule has 0 radical (unpaired) electrons. The summed E-state index contributed by atoms with van der Waals surface area (Å²) in [5, 5.41) is 12.2. The first-order chi connectivity index (χ1) is 12.0. The number of ether oxygens (including phenoxy) is 1. The molecular weight excluding hydrogens is 334 g/mol. The zero-order chi connectivity index (χ0) is 18.2. The van der Waals surface area contributed by atoms with Gasteiger partial charge in [-0.25, -0.2) is 4.79 Å². The molecule has 2 heterocycles. The first kappa shape index (κ1) is 18.3. The molecule has 2 N–H and O–H groups in total. The van der Waals surface area contributed by atoms with Gasteiger partial charge in [-0.3, -0.25) is 4.79 Å². The van der Waals surface area contributed by atoms with Gasteiger partial charge in [-0.2, -0.15) is 9.97 Å². The van der Waals surface area contributed by atoms with Crippen LogP contribution in [0, 0.1) is 0 Å². The van der Waals surface area contributed by atoms with Crippen molar-refractivity contribution in [3.63, 3.8) is 0 Å². The lowest BCUT2D eigenvalue weighted by molar-refractivity contribution is 0.0950. The Morgan fingerprint density at radius 2 is 1.96 bits per heavy atom. The van der Waals surface area contributed by atoms with Gasteiger partial charge in [0.05, 0.1) is 13.2 Å². The van der Waals surface area contributed by atoms with Gasteiger partial charge in [-0.15, -0.1) is 0 Å². The Kier molecular flexibility index (Phi) is 6.39. The summed E-state index contributed by atoms with van der Waals surface area (Å²) in [4.78, 5) is 32.7. The highest BCUT2D eigenvalue weighted by Gasteiger charge is 2.16. The average molecular weight is 353 g/mol. The summed E-state index contributed by atoms with van der Waals surface area (Å²) in [5.41, 5.74) is 0. The van der Waals surface area contributed by atoms with E-state index in [1.807, 2.05) is 0 Å². The Morgan fingerprint density at radius 1 is 1.20 bits per heavy atom. The Hall–Kier alpha value is -3.02. The number of rotatable bonds is 8. The molecule has 0 spiro atoms. The number of hydrogen-bond donors (Lipinski definition) is 2. The highest BCUT2D eigenvalue weighted by atomic mass is 16.5. The predicted octanol–water partition coefficient (Wildman–Crippen LogP) is -0.657. The van der Waals surface area contributed by atoms with E-state index in [-0.39, 0.29) is 24.8 Å². The number of nitrogens with one attached hydrogen (secondary N) is 2. The number of hydrogen-bond acceptors (Lipinski definition) is 9. The van der Waals surface area contributed by atoms with Gasteiger partial charge in [-0.05, 0) is 0 Å². The third-order valence-corrected chi connectivity index (χ3v) is 3.05. The molecule has 136 valence electrons. The van der Waals surface area contributed by atoms with Crippen LogP contribution < -0.4 is 10.6 Å². The van der Waals surface area contributed by atoms with Crippen LogP contribution >= 0.6 is 0 Å². The molecule has 0 aliphatic rings. The largest absolute Gasteiger partial charge is 0.384 e. The summed E-state index contributed by atoms with van der Waals surface area (Å²) < 4.78 is 14.9. The normalized spacial score (nSPS) is 10.5. The molecule has 0 aliphatic heterocycles. The van der Waals surface area contributed by atoms with Crippen molar-refractivity contribution in [1.29, 1.82) is 0 Å². The maximum Gasteiger partial charge on any atom is 0.318 e. The van der Waals surface area contributed by atoms with Crippen LogP contribution in [-0.2, 0) is 24.2 Å². The number of nitrogens with zero attached hydrogens (tertiary/aromatic N) is 5. The highest BCUT2D eigenvalue weighted by Crippen LogP contribution is 2.03. The molecule has 0 atom stereocenters. The topological polar surface area (TPSA) is 149 Å². The Balaban J connectivity index is 1.80. The molecule has 0 fully saturated rings. The van der Waals surface area contributed by atoms with Crippen LogP contribution in [-0.4, -0.2) is 64.9 Å². The van der Waals surface area contributed by atoms with Crippen LogP contribution in [0.2, 0.25) is 0 Å². The lowest BCUT2D eigenvalue weighted by Gasteiger charge is -2.14. The Morgan fingerprint density at radius 3 is 2.68 bits per heavy atom. The van der Waals surface area contributed by atoms with E-state index < -0.39 is 11.9 Å². The summed E-state index contributed by atoms with van der Waals surface area (Å²) in [6, 6.07) is -0.406. The molecule has 0 bridgehead atoms. The van der Waals surface area contributed by atoms with E-state index >= 15 is 0 Å². The summed E-state index contributed by atoms with van der Waals surface area (Å²) in [6.45, 7) is 0.604. The van der Waals surface area contributed by atoms with E-state index in [4.69, 9.17) is 13.8 Å². The molecule has 0 saturated heterocycles. The van der Waals surface area contributed by atoms with Crippen LogP contribution in [0.4, 0.5) is 4.79 Å². The zero-order valence-corrected chi connectivity index (χ0v) is 14.1. The van der Waals surface area contributed by atoms with E-state index in [2.05, 4.69) is 30.9 Å². The van der Waals surface area contributed by atoms with E-state index in [9.17, 15) is 9.59 Å². The van der Waals surface area contributed by atoms with Crippen molar-refractivity contribution in [2.24, 2.45) is 0 Å². The minimum atomic E-state index is -0.473. The molecular formula is C13H19N7O5. The van der Waals surface area contributed by atoms with E-state index in [0.717, 1.165) is 0 Å². The molecule has 0 unspecified atom stereocenters. The fourth-order valence-electron chi connectivity index (χ4n) is 1.74. The molecule has 0 aliphatic carbocycles. The van der Waals surface area contributed by atoms with Crippen LogP contribution in [0.15, 0.2) is 9.05 Å². The number of aromatic nitrogens is 4. The fraction of sp³-hybridized carbons (Fsp3) is 0.538. The second-order valence-electron chi connectivity index (χ2n) is 4.95. The SMILES string of the molecule is CNC(=O)c1noc(CNC(=O)N(C)Cc2nc(CCOC)no2)n1. The zero-order valence-electron chi connectivity index (χ0n) is 14.1. The number of carbonyl (C=O) groups excluding carboxylic acids is 2. The molecule has 12 nitrogen and oxygen atoms in total. The quantitative estimate of drug-likeness (QED) is 0.631. The van der Waals surface area contributed by atoms with Crippen LogP contribution in [0.1, 0.15) is 28.2 Å². The fourth-order valence-corrected chi connectivity index (χ4v) is 1.74. The Labute approximate surface area is 142 Å². The summed E-state index contributed by atoms with van der Waals surface area (Å²) >= 11 is 0. The molecule has 2 rings (SSSR count). The first-order valence-corrected chi connectivity index (χ1v) is 7.37. The smallest absolute Gasteiger partial charge is 0.318 e. The van der Waals surface area contributed by atoms with Crippen molar-refractivity contribution >= 4 is 11.9 Å². The van der Waals surface area contributed by atoms with Crippen molar-refractivity contribution in [3.05, 3.63) is 23.4 Å². The number of methoxy groups -OCH3 is 1. The van der Waals surface area contributed by atoms with E-state index in [0.29, 0.717) is 24.7 Å². The van der Waals surface area contributed by atoms with Crippen molar-refractivity contribution in [2.75, 3.05) is 27.8 Å². The van der Waals surface area contributed by atoms with Crippen LogP contribution in [0.5, 0.6) is 0 Å².